The van der Waals surface area contributed by atoms with Crippen molar-refractivity contribution in [1.29, 1.82) is 0 Å². The maximum absolute atomic E-state index is 6.19. The summed E-state index contributed by atoms with van der Waals surface area (Å²) >= 11 is 14.8. The third-order valence-corrected chi connectivity index (χ3v) is 4.55. The van der Waals surface area contributed by atoms with Crippen molar-refractivity contribution in [3.63, 3.8) is 0 Å². The van der Waals surface area contributed by atoms with Gasteiger partial charge < -0.3 is 14.5 Å². The number of halogens is 2. The number of aryl methyl sites for hydroxylation is 1. The van der Waals surface area contributed by atoms with Gasteiger partial charge in [0.2, 0.25) is 0 Å². The molecule has 0 aliphatic carbocycles. The lowest BCUT2D eigenvalue weighted by atomic mass is 10.2. The van der Waals surface area contributed by atoms with Gasteiger partial charge in [-0.15, -0.1) is 0 Å². The van der Waals surface area contributed by atoms with Crippen molar-refractivity contribution in [3.8, 4) is 22.9 Å². The number of methoxy groups -OCH3 is 2. The topological polar surface area (TPSA) is 47.1 Å². The third-order valence-electron chi connectivity index (χ3n) is 2.74. The Morgan fingerprint density at radius 2 is 2.00 bits per heavy atom. The molecule has 2 rings (SSSR count). The second kappa shape index (κ2) is 6.11. The quantitative estimate of drug-likeness (QED) is 0.800. The summed E-state index contributed by atoms with van der Waals surface area (Å²) in [6, 6.07) is 3.55. The molecule has 1 N–H and O–H groups in total. The molecule has 0 atom stereocenters. The van der Waals surface area contributed by atoms with Crippen LogP contribution in [0.1, 0.15) is 5.69 Å². The molecule has 2 aromatic rings. The van der Waals surface area contributed by atoms with Crippen molar-refractivity contribution in [3.05, 3.63) is 32.0 Å². The minimum Gasteiger partial charge on any atom is -0.493 e. The number of aromatic amines is 1. The summed E-state index contributed by atoms with van der Waals surface area (Å²) in [5.74, 6) is 1.65. The fraction of sp³-hybridized carbons (Fsp3) is 0.231. The Hall–Kier alpha value is -1.11. The molecule has 4 nitrogen and oxygen atoms in total. The van der Waals surface area contributed by atoms with E-state index >= 15 is 0 Å². The molecule has 0 saturated heterocycles. The first kappa shape index (κ1) is 15.3. The Morgan fingerprint density at radius 3 is 2.55 bits per heavy atom. The van der Waals surface area contributed by atoms with E-state index in [0.29, 0.717) is 27.0 Å². The first-order valence-corrected chi connectivity index (χ1v) is 7.24. The average molecular weight is 376 g/mol. The fourth-order valence-electron chi connectivity index (χ4n) is 1.76. The number of nitrogens with one attached hydrogen (secondary N) is 1. The van der Waals surface area contributed by atoms with E-state index in [0.717, 1.165) is 15.7 Å². The summed E-state index contributed by atoms with van der Waals surface area (Å²) in [4.78, 5) is 7.50. The Balaban J connectivity index is 2.65. The second-order valence-electron chi connectivity index (χ2n) is 4.02. The minimum atomic E-state index is 0.448. The molecular formula is C13H12BrClN2O2S. The van der Waals surface area contributed by atoms with E-state index in [-0.39, 0.29) is 0 Å². The van der Waals surface area contributed by atoms with Crippen molar-refractivity contribution in [2.45, 2.75) is 6.92 Å². The van der Waals surface area contributed by atoms with Crippen LogP contribution in [-0.2, 0) is 0 Å². The molecule has 0 aliphatic heterocycles. The van der Waals surface area contributed by atoms with Crippen LogP contribution >= 0.6 is 39.7 Å². The van der Waals surface area contributed by atoms with Gasteiger partial charge in [-0.3, -0.25) is 0 Å². The SMILES string of the molecule is COc1cc(-c2nc(=S)c(Br)c(C)[nH]2)cc(Cl)c1OC. The first-order chi connectivity index (χ1) is 9.47. The second-order valence-corrected chi connectivity index (χ2v) is 5.61. The molecule has 0 radical (unpaired) electrons. The lowest BCUT2D eigenvalue weighted by Gasteiger charge is -2.12. The fourth-order valence-corrected chi connectivity index (χ4v) is 2.48. The molecule has 0 saturated carbocycles. The van der Waals surface area contributed by atoms with Gasteiger partial charge in [0.1, 0.15) is 10.5 Å². The van der Waals surface area contributed by atoms with Crippen molar-refractivity contribution >= 4 is 39.7 Å². The molecular weight excluding hydrogens is 364 g/mol. The lowest BCUT2D eigenvalue weighted by molar-refractivity contribution is 0.355. The highest BCUT2D eigenvalue weighted by atomic mass is 79.9. The van der Waals surface area contributed by atoms with Gasteiger partial charge in [0, 0.05) is 11.3 Å². The number of nitrogens with zero attached hydrogens (tertiary/aromatic N) is 1. The predicted molar refractivity (Wildman–Crippen MR) is 85.4 cm³/mol. The van der Waals surface area contributed by atoms with Gasteiger partial charge >= 0.3 is 0 Å². The number of hydrogen-bond acceptors (Lipinski definition) is 4. The number of ether oxygens (including phenoxy) is 2. The maximum atomic E-state index is 6.19. The van der Waals surface area contributed by atoms with Crippen molar-refractivity contribution in [2.75, 3.05) is 14.2 Å². The van der Waals surface area contributed by atoms with E-state index < -0.39 is 0 Å². The standard InChI is InChI=1S/C13H12BrClN2O2S/c1-6-10(14)13(20)17-12(16-6)7-4-8(15)11(19-3)9(5-7)18-2/h4-5H,1-3H3,(H,16,17,20). The molecule has 0 unspecified atom stereocenters. The van der Waals surface area contributed by atoms with E-state index in [1.54, 1.807) is 26.4 Å². The number of benzene rings is 1. The number of aromatic nitrogens is 2. The Kier molecular flexibility index (Phi) is 4.67. The average Bonchev–Trinajstić information content (AvgIpc) is 2.43. The minimum absolute atomic E-state index is 0.448. The summed E-state index contributed by atoms with van der Waals surface area (Å²) in [5, 5.41) is 0.448. The summed E-state index contributed by atoms with van der Waals surface area (Å²) in [7, 11) is 3.10. The van der Waals surface area contributed by atoms with Gasteiger partial charge in [-0.25, -0.2) is 4.98 Å². The van der Waals surface area contributed by atoms with E-state index in [9.17, 15) is 0 Å². The van der Waals surface area contributed by atoms with E-state index in [1.165, 1.54) is 0 Å². The van der Waals surface area contributed by atoms with Crippen molar-refractivity contribution in [2.24, 2.45) is 0 Å². The van der Waals surface area contributed by atoms with Gasteiger partial charge in [-0.05, 0) is 35.0 Å². The van der Waals surface area contributed by atoms with Crippen LogP contribution in [0.3, 0.4) is 0 Å². The molecule has 7 heteroatoms. The molecule has 1 aromatic carbocycles. The van der Waals surface area contributed by atoms with Crippen molar-refractivity contribution in [1.82, 2.24) is 9.97 Å². The Morgan fingerprint density at radius 1 is 1.30 bits per heavy atom. The zero-order valence-electron chi connectivity index (χ0n) is 11.1. The highest BCUT2D eigenvalue weighted by molar-refractivity contribution is 9.10. The largest absolute Gasteiger partial charge is 0.493 e. The van der Waals surface area contributed by atoms with Crippen LogP contribution < -0.4 is 9.47 Å². The van der Waals surface area contributed by atoms with Crippen molar-refractivity contribution < 1.29 is 9.47 Å². The smallest absolute Gasteiger partial charge is 0.179 e. The van der Waals surface area contributed by atoms with Gasteiger partial charge in [-0.2, -0.15) is 0 Å². The molecule has 0 fully saturated rings. The van der Waals surface area contributed by atoms with Crippen LogP contribution in [0, 0.1) is 11.6 Å². The summed E-state index contributed by atoms with van der Waals surface area (Å²) < 4.78 is 11.8. The maximum Gasteiger partial charge on any atom is 0.179 e. The van der Waals surface area contributed by atoms with Gasteiger partial charge in [0.25, 0.3) is 0 Å². The van der Waals surface area contributed by atoms with Crippen LogP contribution in [0.2, 0.25) is 5.02 Å². The summed E-state index contributed by atoms with van der Waals surface area (Å²) in [5.41, 5.74) is 1.67. The molecule has 1 aromatic heterocycles. The molecule has 1 heterocycles. The van der Waals surface area contributed by atoms with Crippen LogP contribution in [0.25, 0.3) is 11.4 Å². The predicted octanol–water partition coefficient (Wildman–Crippen LogP) is 4.55. The number of rotatable bonds is 3. The van der Waals surface area contributed by atoms with E-state index in [2.05, 4.69) is 25.9 Å². The Bertz CT molecular complexity index is 718. The molecule has 106 valence electrons. The molecule has 0 spiro atoms. The summed E-state index contributed by atoms with van der Waals surface area (Å²) in [6.45, 7) is 1.91. The number of hydrogen-bond donors (Lipinski definition) is 1. The lowest BCUT2D eigenvalue weighted by Crippen LogP contribution is -1.97. The monoisotopic (exact) mass is 374 g/mol. The Labute approximate surface area is 135 Å². The molecule has 0 aliphatic rings. The highest BCUT2D eigenvalue weighted by Gasteiger charge is 2.13. The number of H-pyrrole nitrogens is 1. The van der Waals surface area contributed by atoms with Crippen LogP contribution in [0.5, 0.6) is 11.5 Å². The van der Waals surface area contributed by atoms with Gasteiger partial charge in [0.15, 0.2) is 11.5 Å². The highest BCUT2D eigenvalue weighted by Crippen LogP contribution is 2.38. The van der Waals surface area contributed by atoms with E-state index in [1.807, 2.05) is 6.92 Å². The zero-order chi connectivity index (χ0) is 14.9. The van der Waals surface area contributed by atoms with Gasteiger partial charge in [0.05, 0.1) is 23.7 Å². The normalized spacial score (nSPS) is 10.4. The molecule has 20 heavy (non-hydrogen) atoms. The van der Waals surface area contributed by atoms with Crippen LogP contribution in [-0.4, -0.2) is 24.2 Å². The zero-order valence-corrected chi connectivity index (χ0v) is 14.2. The molecule has 0 bridgehead atoms. The molecule has 0 amide bonds. The van der Waals surface area contributed by atoms with Gasteiger partial charge in [-0.1, -0.05) is 23.8 Å². The summed E-state index contributed by atoms with van der Waals surface area (Å²) in [6.07, 6.45) is 0. The van der Waals surface area contributed by atoms with Crippen LogP contribution in [0.15, 0.2) is 16.6 Å². The first-order valence-electron chi connectivity index (χ1n) is 5.66. The van der Waals surface area contributed by atoms with E-state index in [4.69, 9.17) is 33.3 Å². The third kappa shape index (κ3) is 2.82. The van der Waals surface area contributed by atoms with Crippen LogP contribution in [0.4, 0.5) is 0 Å².